The molecule has 2 bridgehead atoms. The standard InChI is InChI=1S/C28H30N4O3/c1-3-34-28(33)25-15-24(26(18(2)29)27(31-25)30-20-7-5-4-6-8-20)19-9-11-21(12-10-19)32-16-22-13-14-23(17-32)35-22/h4-12,15,22-23,29H,3,13-14,16-17H2,1-2H3,(H,30,31). The van der Waals surface area contributed by atoms with Crippen molar-refractivity contribution >= 4 is 28.9 Å². The molecule has 180 valence electrons. The zero-order valence-electron chi connectivity index (χ0n) is 20.1. The van der Waals surface area contributed by atoms with Crippen molar-refractivity contribution < 1.29 is 14.3 Å². The summed E-state index contributed by atoms with van der Waals surface area (Å²) in [4.78, 5) is 19.6. The van der Waals surface area contributed by atoms with Gasteiger partial charge in [-0.15, -0.1) is 0 Å². The van der Waals surface area contributed by atoms with Crippen molar-refractivity contribution in [1.82, 2.24) is 4.98 Å². The molecule has 0 saturated carbocycles. The summed E-state index contributed by atoms with van der Waals surface area (Å²) in [6.45, 7) is 5.59. The number of morpholine rings is 1. The number of nitrogens with one attached hydrogen (secondary N) is 2. The lowest BCUT2D eigenvalue weighted by Gasteiger charge is -2.34. The molecular weight excluding hydrogens is 440 g/mol. The smallest absolute Gasteiger partial charge is 0.357 e. The Bertz CT molecular complexity index is 1210. The highest BCUT2D eigenvalue weighted by Gasteiger charge is 2.33. The van der Waals surface area contributed by atoms with Gasteiger partial charge in [-0.3, -0.25) is 0 Å². The lowest BCUT2D eigenvalue weighted by atomic mass is 9.96. The number of benzene rings is 2. The number of hydrogen-bond donors (Lipinski definition) is 2. The first kappa shape index (κ1) is 23.1. The molecule has 2 fully saturated rings. The van der Waals surface area contributed by atoms with E-state index in [1.807, 2.05) is 30.3 Å². The molecule has 3 heterocycles. The summed E-state index contributed by atoms with van der Waals surface area (Å²) in [5, 5.41) is 11.8. The van der Waals surface area contributed by atoms with E-state index in [-0.39, 0.29) is 12.3 Å². The van der Waals surface area contributed by atoms with Gasteiger partial charge >= 0.3 is 5.97 Å². The van der Waals surface area contributed by atoms with Gasteiger partial charge in [0, 0.05) is 35.7 Å². The van der Waals surface area contributed by atoms with E-state index in [2.05, 4.69) is 39.5 Å². The molecule has 35 heavy (non-hydrogen) atoms. The molecule has 7 heteroatoms. The van der Waals surface area contributed by atoms with E-state index >= 15 is 0 Å². The van der Waals surface area contributed by atoms with Crippen LogP contribution in [-0.2, 0) is 9.47 Å². The highest BCUT2D eigenvalue weighted by Crippen LogP contribution is 2.34. The van der Waals surface area contributed by atoms with E-state index in [0.717, 1.165) is 48.4 Å². The number of rotatable bonds is 7. The van der Waals surface area contributed by atoms with Gasteiger partial charge in [0.15, 0.2) is 5.69 Å². The van der Waals surface area contributed by atoms with Crippen LogP contribution in [0.3, 0.4) is 0 Å². The minimum Gasteiger partial charge on any atom is -0.461 e. The fraction of sp³-hybridized carbons (Fsp3) is 0.321. The molecule has 2 aromatic carbocycles. The Kier molecular flexibility index (Phi) is 6.51. The number of hydrogen-bond acceptors (Lipinski definition) is 7. The van der Waals surface area contributed by atoms with Crippen LogP contribution in [0.4, 0.5) is 17.2 Å². The van der Waals surface area contributed by atoms with Crippen LogP contribution >= 0.6 is 0 Å². The fourth-order valence-electron chi connectivity index (χ4n) is 4.89. The van der Waals surface area contributed by atoms with Crippen molar-refractivity contribution in [1.29, 1.82) is 5.41 Å². The number of para-hydroxylation sites is 1. The second-order valence-electron chi connectivity index (χ2n) is 9.02. The maximum Gasteiger partial charge on any atom is 0.357 e. The lowest BCUT2D eigenvalue weighted by Crippen LogP contribution is -2.42. The van der Waals surface area contributed by atoms with Gasteiger partial charge in [-0.2, -0.15) is 0 Å². The van der Waals surface area contributed by atoms with Crippen molar-refractivity contribution in [3.63, 3.8) is 0 Å². The summed E-state index contributed by atoms with van der Waals surface area (Å²) in [5.41, 5.74) is 4.88. The molecule has 0 amide bonds. The van der Waals surface area contributed by atoms with E-state index in [4.69, 9.17) is 14.9 Å². The summed E-state index contributed by atoms with van der Waals surface area (Å²) in [7, 11) is 0. The van der Waals surface area contributed by atoms with Crippen LogP contribution < -0.4 is 10.2 Å². The Hall–Kier alpha value is -3.71. The minimum absolute atomic E-state index is 0.208. The van der Waals surface area contributed by atoms with Gasteiger partial charge < -0.3 is 25.1 Å². The molecule has 7 nitrogen and oxygen atoms in total. The van der Waals surface area contributed by atoms with E-state index in [0.29, 0.717) is 29.3 Å². The van der Waals surface area contributed by atoms with Gasteiger partial charge in [-0.05, 0) is 68.1 Å². The lowest BCUT2D eigenvalue weighted by molar-refractivity contribution is 0.0305. The number of ether oxygens (including phenoxy) is 2. The van der Waals surface area contributed by atoms with Crippen molar-refractivity contribution in [2.75, 3.05) is 29.9 Å². The SMILES string of the molecule is CCOC(=O)c1cc(-c2ccc(N3CC4CCC(C3)O4)cc2)c(C(C)=N)c(Nc2ccccc2)n1. The van der Waals surface area contributed by atoms with Gasteiger partial charge in [0.05, 0.1) is 18.8 Å². The summed E-state index contributed by atoms with van der Waals surface area (Å²) in [6.07, 6.45) is 2.90. The van der Waals surface area contributed by atoms with E-state index in [1.165, 1.54) is 0 Å². The van der Waals surface area contributed by atoms with Crippen molar-refractivity contribution in [3.05, 3.63) is 71.9 Å². The number of anilines is 3. The van der Waals surface area contributed by atoms with Gasteiger partial charge in [0.2, 0.25) is 0 Å². The average molecular weight is 471 g/mol. The van der Waals surface area contributed by atoms with Crippen LogP contribution in [0.15, 0.2) is 60.7 Å². The van der Waals surface area contributed by atoms with Gasteiger partial charge in [-0.1, -0.05) is 30.3 Å². The average Bonchev–Trinajstić information content (AvgIpc) is 3.21. The zero-order chi connectivity index (χ0) is 24.4. The third-order valence-electron chi connectivity index (χ3n) is 6.50. The van der Waals surface area contributed by atoms with Gasteiger partial charge in [0.25, 0.3) is 0 Å². The second kappa shape index (κ2) is 9.88. The number of aromatic nitrogens is 1. The number of nitrogens with zero attached hydrogens (tertiary/aromatic N) is 2. The maximum absolute atomic E-state index is 12.7. The molecule has 2 aliphatic heterocycles. The quantitative estimate of drug-likeness (QED) is 0.354. The van der Waals surface area contributed by atoms with Crippen LogP contribution in [-0.4, -0.2) is 48.6 Å². The normalized spacial score (nSPS) is 18.9. The van der Waals surface area contributed by atoms with Crippen molar-refractivity contribution in [3.8, 4) is 11.1 Å². The van der Waals surface area contributed by atoms with Gasteiger partial charge in [-0.25, -0.2) is 9.78 Å². The molecule has 0 aliphatic carbocycles. The monoisotopic (exact) mass is 470 g/mol. The van der Waals surface area contributed by atoms with E-state index in [9.17, 15) is 4.79 Å². The highest BCUT2D eigenvalue weighted by atomic mass is 16.5. The first-order valence-electron chi connectivity index (χ1n) is 12.1. The molecule has 5 rings (SSSR count). The molecule has 2 aliphatic rings. The third kappa shape index (κ3) is 4.91. The Labute approximate surface area is 205 Å². The predicted molar refractivity (Wildman–Crippen MR) is 138 cm³/mol. The number of carbonyl (C=O) groups excluding carboxylic acids is 1. The molecule has 1 aromatic heterocycles. The topological polar surface area (TPSA) is 87.5 Å². The Morgan fingerprint density at radius 2 is 1.80 bits per heavy atom. The zero-order valence-corrected chi connectivity index (χ0v) is 20.1. The first-order chi connectivity index (χ1) is 17.0. The molecular formula is C28H30N4O3. The summed E-state index contributed by atoms with van der Waals surface area (Å²) in [5.74, 6) is -0.0301. The maximum atomic E-state index is 12.7. The van der Waals surface area contributed by atoms with Crippen molar-refractivity contribution in [2.45, 2.75) is 38.9 Å². The van der Waals surface area contributed by atoms with Crippen LogP contribution in [0, 0.1) is 5.41 Å². The largest absolute Gasteiger partial charge is 0.461 e. The second-order valence-corrected chi connectivity index (χ2v) is 9.02. The van der Waals surface area contributed by atoms with Crippen LogP contribution in [0.1, 0.15) is 42.7 Å². The van der Waals surface area contributed by atoms with Crippen LogP contribution in [0.25, 0.3) is 11.1 Å². The Balaban J connectivity index is 1.54. The van der Waals surface area contributed by atoms with E-state index in [1.54, 1.807) is 19.9 Å². The number of carbonyl (C=O) groups is 1. The minimum atomic E-state index is -0.487. The first-order valence-corrected chi connectivity index (χ1v) is 12.1. The summed E-state index contributed by atoms with van der Waals surface area (Å²) >= 11 is 0. The molecule has 2 unspecified atom stereocenters. The Morgan fingerprint density at radius 1 is 1.11 bits per heavy atom. The number of fused-ring (bicyclic) bond motifs is 2. The highest BCUT2D eigenvalue weighted by molar-refractivity contribution is 6.08. The molecule has 3 aromatic rings. The number of pyridine rings is 1. The molecule has 2 saturated heterocycles. The molecule has 2 N–H and O–H groups in total. The third-order valence-corrected chi connectivity index (χ3v) is 6.50. The number of esters is 1. The molecule has 2 atom stereocenters. The van der Waals surface area contributed by atoms with E-state index < -0.39 is 5.97 Å². The summed E-state index contributed by atoms with van der Waals surface area (Å²) in [6, 6.07) is 19.7. The Morgan fingerprint density at radius 3 is 2.43 bits per heavy atom. The van der Waals surface area contributed by atoms with Crippen LogP contribution in [0.2, 0.25) is 0 Å². The summed E-state index contributed by atoms with van der Waals surface area (Å²) < 4.78 is 11.2. The fourth-order valence-corrected chi connectivity index (χ4v) is 4.89. The molecule has 0 radical (unpaired) electrons. The molecule has 0 spiro atoms. The van der Waals surface area contributed by atoms with Gasteiger partial charge in [0.1, 0.15) is 5.82 Å². The van der Waals surface area contributed by atoms with Crippen LogP contribution in [0.5, 0.6) is 0 Å². The predicted octanol–water partition coefficient (Wildman–Crippen LogP) is 5.42. The van der Waals surface area contributed by atoms with Crippen molar-refractivity contribution in [2.24, 2.45) is 0 Å².